The molecule has 2 N–H and O–H groups in total. The average Bonchev–Trinajstić information content (AvgIpc) is 2.89. The van der Waals surface area contributed by atoms with Gasteiger partial charge in [0.1, 0.15) is 22.7 Å². The highest BCUT2D eigenvalue weighted by Crippen LogP contribution is 2.35. The maximum Gasteiger partial charge on any atom is 0.262 e. The number of benzene rings is 2. The molecule has 0 atom stereocenters. The van der Waals surface area contributed by atoms with Gasteiger partial charge < -0.3 is 29.4 Å². The van der Waals surface area contributed by atoms with Gasteiger partial charge in [0.05, 0.1) is 45.0 Å². The fourth-order valence-corrected chi connectivity index (χ4v) is 4.04. The van der Waals surface area contributed by atoms with E-state index in [4.69, 9.17) is 19.2 Å². The monoisotopic (exact) mass is 459 g/mol. The van der Waals surface area contributed by atoms with Crippen LogP contribution in [0.2, 0.25) is 0 Å². The highest BCUT2D eigenvalue weighted by Gasteiger charge is 2.16. The zero-order valence-electron chi connectivity index (χ0n) is 19.0. The molecule has 34 heavy (non-hydrogen) atoms. The van der Waals surface area contributed by atoms with E-state index in [9.17, 15) is 4.79 Å². The van der Waals surface area contributed by atoms with E-state index in [0.29, 0.717) is 33.9 Å². The second kappa shape index (κ2) is 9.40. The largest absolute Gasteiger partial charge is 0.497 e. The molecular formula is C25H25N5O4. The molecule has 0 unspecified atom stereocenters. The molecule has 0 amide bonds. The lowest BCUT2D eigenvalue weighted by Gasteiger charge is -2.28. The number of ether oxygens (including phenoxy) is 3. The minimum absolute atomic E-state index is 0.266. The molecular weight excluding hydrogens is 434 g/mol. The number of methoxy groups -OCH3 is 2. The minimum atomic E-state index is -0.266. The van der Waals surface area contributed by atoms with Crippen LogP contribution in [-0.2, 0) is 4.74 Å². The van der Waals surface area contributed by atoms with Crippen molar-refractivity contribution in [3.63, 3.8) is 0 Å². The van der Waals surface area contributed by atoms with Gasteiger partial charge in [-0.1, -0.05) is 0 Å². The van der Waals surface area contributed by atoms with Gasteiger partial charge in [0, 0.05) is 36.1 Å². The van der Waals surface area contributed by atoms with Crippen molar-refractivity contribution in [3.8, 4) is 22.8 Å². The fraction of sp³-hybridized carbons (Fsp3) is 0.240. The third kappa shape index (κ3) is 4.25. The van der Waals surface area contributed by atoms with Gasteiger partial charge in [0.25, 0.3) is 5.56 Å². The van der Waals surface area contributed by atoms with Gasteiger partial charge in [0.15, 0.2) is 0 Å². The van der Waals surface area contributed by atoms with Gasteiger partial charge >= 0.3 is 0 Å². The number of anilines is 3. The van der Waals surface area contributed by atoms with Crippen molar-refractivity contribution in [2.45, 2.75) is 0 Å². The normalized spacial score (nSPS) is 13.6. The molecule has 2 aromatic heterocycles. The van der Waals surface area contributed by atoms with Crippen molar-refractivity contribution in [2.24, 2.45) is 0 Å². The third-order valence-corrected chi connectivity index (χ3v) is 5.82. The number of hydrogen-bond donors (Lipinski definition) is 2. The lowest BCUT2D eigenvalue weighted by molar-refractivity contribution is 0.122. The van der Waals surface area contributed by atoms with Gasteiger partial charge in [-0.3, -0.25) is 4.79 Å². The first-order valence-corrected chi connectivity index (χ1v) is 11.0. The summed E-state index contributed by atoms with van der Waals surface area (Å²) in [5.41, 5.74) is 3.59. The molecule has 4 aromatic rings. The average molecular weight is 460 g/mol. The quantitative estimate of drug-likeness (QED) is 0.451. The first kappa shape index (κ1) is 21.7. The number of morpholine rings is 1. The maximum absolute atomic E-state index is 12.7. The standard InChI is InChI=1S/C25H25N5O4/c1-32-18-7-8-19(22(13-18)33-2)20-14-21-23(25(31)27-15-26-21)24(29-20)28-16-3-5-17(6-4-16)30-9-11-34-12-10-30/h3-8,13-15H,9-12H2,1-2H3,(H,28,29)(H,26,27,31). The van der Waals surface area contributed by atoms with E-state index >= 15 is 0 Å². The molecule has 0 bridgehead atoms. The minimum Gasteiger partial charge on any atom is -0.497 e. The van der Waals surface area contributed by atoms with Gasteiger partial charge in [0.2, 0.25) is 0 Å². The van der Waals surface area contributed by atoms with E-state index in [0.717, 1.165) is 43.2 Å². The second-order valence-electron chi connectivity index (χ2n) is 7.82. The maximum atomic E-state index is 12.7. The molecule has 1 aliphatic rings. The number of H-pyrrole nitrogens is 1. The summed E-state index contributed by atoms with van der Waals surface area (Å²) in [6, 6.07) is 15.3. The first-order valence-electron chi connectivity index (χ1n) is 11.0. The lowest BCUT2D eigenvalue weighted by atomic mass is 10.1. The van der Waals surface area contributed by atoms with Gasteiger partial charge in [-0.05, 0) is 42.5 Å². The van der Waals surface area contributed by atoms with Crippen LogP contribution in [0.4, 0.5) is 17.2 Å². The molecule has 5 rings (SSSR count). The van der Waals surface area contributed by atoms with Crippen LogP contribution in [-0.4, -0.2) is 55.5 Å². The SMILES string of the molecule is COc1ccc(-c2cc3nc[nH]c(=O)c3c(Nc3ccc(N4CCOCC4)cc3)n2)c(OC)c1. The Hall–Kier alpha value is -4.11. The Morgan fingerprint density at radius 1 is 1.03 bits per heavy atom. The van der Waals surface area contributed by atoms with E-state index in [1.807, 2.05) is 24.3 Å². The van der Waals surface area contributed by atoms with Crippen molar-refractivity contribution in [2.75, 3.05) is 50.7 Å². The molecule has 2 aromatic carbocycles. The van der Waals surface area contributed by atoms with Crippen LogP contribution >= 0.6 is 0 Å². The Bertz CT molecular complexity index is 1360. The fourth-order valence-electron chi connectivity index (χ4n) is 4.04. The highest BCUT2D eigenvalue weighted by atomic mass is 16.5. The number of pyridine rings is 1. The van der Waals surface area contributed by atoms with Gasteiger partial charge in [-0.25, -0.2) is 9.97 Å². The van der Waals surface area contributed by atoms with E-state index in [2.05, 4.69) is 32.3 Å². The van der Waals surface area contributed by atoms with E-state index in [1.54, 1.807) is 26.4 Å². The van der Waals surface area contributed by atoms with Crippen LogP contribution in [0.3, 0.4) is 0 Å². The summed E-state index contributed by atoms with van der Waals surface area (Å²) in [5.74, 6) is 1.70. The second-order valence-corrected chi connectivity index (χ2v) is 7.82. The first-order chi connectivity index (χ1) is 16.7. The van der Waals surface area contributed by atoms with Crippen molar-refractivity contribution in [1.29, 1.82) is 0 Å². The Kier molecular flexibility index (Phi) is 6.01. The Labute approximate surface area is 196 Å². The molecule has 0 spiro atoms. The molecule has 0 aliphatic carbocycles. The predicted octanol–water partition coefficient (Wildman–Crippen LogP) is 3.58. The molecule has 0 radical (unpaired) electrons. The van der Waals surface area contributed by atoms with E-state index < -0.39 is 0 Å². The highest BCUT2D eigenvalue weighted by molar-refractivity contribution is 5.93. The molecule has 1 aliphatic heterocycles. The van der Waals surface area contributed by atoms with Crippen LogP contribution in [0.1, 0.15) is 0 Å². The zero-order chi connectivity index (χ0) is 23.5. The number of hydrogen-bond acceptors (Lipinski definition) is 8. The van der Waals surface area contributed by atoms with Crippen LogP contribution in [0.25, 0.3) is 22.2 Å². The Morgan fingerprint density at radius 3 is 2.56 bits per heavy atom. The van der Waals surface area contributed by atoms with Crippen molar-refractivity contribution in [1.82, 2.24) is 15.0 Å². The molecule has 9 nitrogen and oxygen atoms in total. The van der Waals surface area contributed by atoms with Crippen molar-refractivity contribution in [3.05, 3.63) is 65.2 Å². The number of rotatable bonds is 6. The molecule has 174 valence electrons. The predicted molar refractivity (Wildman–Crippen MR) is 131 cm³/mol. The van der Waals surface area contributed by atoms with Gasteiger partial charge in [-0.15, -0.1) is 0 Å². The molecule has 3 heterocycles. The Morgan fingerprint density at radius 2 is 1.82 bits per heavy atom. The summed E-state index contributed by atoms with van der Waals surface area (Å²) in [4.78, 5) is 26.8. The smallest absolute Gasteiger partial charge is 0.262 e. The van der Waals surface area contributed by atoms with Crippen LogP contribution < -0.4 is 25.2 Å². The molecule has 1 saturated heterocycles. The summed E-state index contributed by atoms with van der Waals surface area (Å²) >= 11 is 0. The molecule has 9 heteroatoms. The summed E-state index contributed by atoms with van der Waals surface area (Å²) < 4.78 is 16.3. The van der Waals surface area contributed by atoms with E-state index in [-0.39, 0.29) is 5.56 Å². The van der Waals surface area contributed by atoms with Crippen LogP contribution in [0.5, 0.6) is 11.5 Å². The summed E-state index contributed by atoms with van der Waals surface area (Å²) in [6.07, 6.45) is 1.39. The number of nitrogens with one attached hydrogen (secondary N) is 2. The number of fused-ring (bicyclic) bond motifs is 1. The van der Waals surface area contributed by atoms with Crippen molar-refractivity contribution >= 4 is 28.1 Å². The molecule has 0 saturated carbocycles. The molecule has 1 fully saturated rings. The number of nitrogens with zero attached hydrogens (tertiary/aromatic N) is 3. The van der Waals surface area contributed by atoms with E-state index in [1.165, 1.54) is 6.33 Å². The van der Waals surface area contributed by atoms with Crippen LogP contribution in [0.15, 0.2) is 59.7 Å². The topological polar surface area (TPSA) is 102 Å². The Balaban J connectivity index is 1.55. The third-order valence-electron chi connectivity index (χ3n) is 5.82. The number of aromatic nitrogens is 3. The summed E-state index contributed by atoms with van der Waals surface area (Å²) in [6.45, 7) is 3.19. The number of aromatic amines is 1. The summed E-state index contributed by atoms with van der Waals surface area (Å²) in [5, 5.41) is 3.69. The lowest BCUT2D eigenvalue weighted by Crippen LogP contribution is -2.36. The van der Waals surface area contributed by atoms with Crippen LogP contribution in [0, 0.1) is 0 Å². The van der Waals surface area contributed by atoms with Gasteiger partial charge in [-0.2, -0.15) is 0 Å². The summed E-state index contributed by atoms with van der Waals surface area (Å²) in [7, 11) is 3.20. The van der Waals surface area contributed by atoms with Crippen molar-refractivity contribution < 1.29 is 14.2 Å². The zero-order valence-corrected chi connectivity index (χ0v) is 19.0.